The maximum absolute atomic E-state index is 11.9. The Morgan fingerprint density at radius 1 is 1.62 bits per heavy atom. The molecule has 92 valence electrons. The fraction of sp³-hybridized carbons (Fsp3) is 0.917. The van der Waals surface area contributed by atoms with Crippen LogP contribution in [0.1, 0.15) is 33.1 Å². The highest BCUT2D eigenvalue weighted by Gasteiger charge is 2.33. The first kappa shape index (κ1) is 11.9. The Hall–Kier alpha value is -0.610. The van der Waals surface area contributed by atoms with Gasteiger partial charge in [-0.1, -0.05) is 6.92 Å². The van der Waals surface area contributed by atoms with Gasteiger partial charge >= 0.3 is 0 Å². The van der Waals surface area contributed by atoms with Gasteiger partial charge in [0.25, 0.3) is 0 Å². The van der Waals surface area contributed by atoms with Crippen LogP contribution in [0.3, 0.4) is 0 Å². The van der Waals surface area contributed by atoms with Crippen LogP contribution in [0.25, 0.3) is 0 Å². The molecule has 2 saturated heterocycles. The van der Waals surface area contributed by atoms with Gasteiger partial charge < -0.3 is 15.4 Å². The Labute approximate surface area is 97.1 Å². The summed E-state index contributed by atoms with van der Waals surface area (Å²) in [7, 11) is 0. The molecule has 0 spiro atoms. The van der Waals surface area contributed by atoms with Crippen molar-refractivity contribution in [1.82, 2.24) is 10.6 Å². The molecule has 3 unspecified atom stereocenters. The van der Waals surface area contributed by atoms with E-state index < -0.39 is 0 Å². The number of carbonyl (C=O) groups is 1. The molecule has 2 fully saturated rings. The highest BCUT2D eigenvalue weighted by Crippen LogP contribution is 2.21. The van der Waals surface area contributed by atoms with Crippen molar-refractivity contribution in [2.75, 3.05) is 19.7 Å². The molecule has 2 aliphatic heterocycles. The van der Waals surface area contributed by atoms with Gasteiger partial charge in [0.1, 0.15) is 6.10 Å². The molecule has 0 bridgehead atoms. The molecule has 0 aromatic rings. The van der Waals surface area contributed by atoms with Gasteiger partial charge in [-0.15, -0.1) is 0 Å². The van der Waals surface area contributed by atoms with Crippen LogP contribution in [0.5, 0.6) is 0 Å². The van der Waals surface area contributed by atoms with Crippen molar-refractivity contribution in [2.45, 2.75) is 44.8 Å². The smallest absolute Gasteiger partial charge is 0.249 e. The van der Waals surface area contributed by atoms with E-state index in [1.54, 1.807) is 0 Å². The highest BCUT2D eigenvalue weighted by atomic mass is 16.5. The van der Waals surface area contributed by atoms with Crippen LogP contribution in [0.15, 0.2) is 0 Å². The van der Waals surface area contributed by atoms with Crippen molar-refractivity contribution in [3.05, 3.63) is 0 Å². The third-order valence-corrected chi connectivity index (χ3v) is 3.76. The molecule has 2 rings (SSSR count). The predicted molar refractivity (Wildman–Crippen MR) is 62.2 cm³/mol. The Kier molecular flexibility index (Phi) is 3.50. The van der Waals surface area contributed by atoms with Crippen molar-refractivity contribution in [1.29, 1.82) is 0 Å². The molecule has 0 radical (unpaired) electrons. The minimum atomic E-state index is -0.231. The number of ether oxygens (including phenoxy) is 1. The summed E-state index contributed by atoms with van der Waals surface area (Å²) in [5.41, 5.74) is 0.0809. The van der Waals surface area contributed by atoms with E-state index in [9.17, 15) is 4.79 Å². The molecule has 2 heterocycles. The molecule has 2 aliphatic rings. The third kappa shape index (κ3) is 2.55. The van der Waals surface area contributed by atoms with Crippen molar-refractivity contribution < 1.29 is 9.53 Å². The molecule has 16 heavy (non-hydrogen) atoms. The average Bonchev–Trinajstić information content (AvgIpc) is 2.85. The summed E-state index contributed by atoms with van der Waals surface area (Å²) in [4.78, 5) is 11.9. The summed E-state index contributed by atoms with van der Waals surface area (Å²) in [6.07, 6.45) is 3.09. The van der Waals surface area contributed by atoms with Crippen molar-refractivity contribution in [3.63, 3.8) is 0 Å². The van der Waals surface area contributed by atoms with Gasteiger partial charge in [0.05, 0.1) is 0 Å². The highest BCUT2D eigenvalue weighted by molar-refractivity contribution is 5.81. The number of hydrogen-bond donors (Lipinski definition) is 2. The summed E-state index contributed by atoms with van der Waals surface area (Å²) >= 11 is 0. The van der Waals surface area contributed by atoms with Crippen molar-refractivity contribution in [2.24, 2.45) is 5.92 Å². The summed E-state index contributed by atoms with van der Waals surface area (Å²) in [6, 6.07) is 0. The summed E-state index contributed by atoms with van der Waals surface area (Å²) in [6.45, 7) is 6.72. The molecule has 0 aromatic heterocycles. The van der Waals surface area contributed by atoms with E-state index >= 15 is 0 Å². The minimum Gasteiger partial charge on any atom is -0.368 e. The number of nitrogens with one attached hydrogen (secondary N) is 2. The Morgan fingerprint density at radius 2 is 2.44 bits per heavy atom. The lowest BCUT2D eigenvalue weighted by Crippen LogP contribution is -2.50. The quantitative estimate of drug-likeness (QED) is 0.743. The fourth-order valence-corrected chi connectivity index (χ4v) is 2.52. The molecule has 0 aromatic carbocycles. The zero-order valence-corrected chi connectivity index (χ0v) is 10.2. The standard InChI is InChI=1S/C12H22N2O2/c1-9-4-7-16-10(9)11(15)13-8-12(2)5-3-6-14-12/h9-10,14H,3-8H2,1-2H3,(H,13,15). The van der Waals surface area contributed by atoms with Crippen LogP contribution in [0, 0.1) is 5.92 Å². The number of rotatable bonds is 3. The zero-order valence-electron chi connectivity index (χ0n) is 10.2. The average molecular weight is 226 g/mol. The van der Waals surface area contributed by atoms with E-state index in [-0.39, 0.29) is 17.6 Å². The van der Waals surface area contributed by atoms with Crippen LogP contribution in [-0.2, 0) is 9.53 Å². The summed E-state index contributed by atoms with van der Waals surface area (Å²) in [5.74, 6) is 0.407. The predicted octanol–water partition coefficient (Wildman–Crippen LogP) is 0.670. The van der Waals surface area contributed by atoms with Crippen LogP contribution in [-0.4, -0.2) is 37.2 Å². The van der Waals surface area contributed by atoms with Crippen LogP contribution < -0.4 is 10.6 Å². The molecule has 4 nitrogen and oxygen atoms in total. The topological polar surface area (TPSA) is 50.4 Å². The largest absolute Gasteiger partial charge is 0.368 e. The van der Waals surface area contributed by atoms with E-state index in [1.165, 1.54) is 6.42 Å². The first-order valence-corrected chi connectivity index (χ1v) is 6.25. The fourth-order valence-electron chi connectivity index (χ4n) is 2.52. The van der Waals surface area contributed by atoms with Crippen LogP contribution in [0.4, 0.5) is 0 Å². The molecule has 0 aliphatic carbocycles. The SMILES string of the molecule is CC1CCOC1C(=O)NCC1(C)CCCN1. The molecular formula is C12H22N2O2. The number of carbonyl (C=O) groups excluding carboxylic acids is 1. The zero-order chi connectivity index (χ0) is 11.6. The molecule has 4 heteroatoms. The van der Waals surface area contributed by atoms with Gasteiger partial charge in [0.2, 0.25) is 5.91 Å². The molecule has 3 atom stereocenters. The van der Waals surface area contributed by atoms with Gasteiger partial charge in [-0.2, -0.15) is 0 Å². The minimum absolute atomic E-state index is 0.0555. The first-order chi connectivity index (χ1) is 7.61. The lowest BCUT2D eigenvalue weighted by atomic mass is 9.99. The van der Waals surface area contributed by atoms with Crippen molar-refractivity contribution >= 4 is 5.91 Å². The van der Waals surface area contributed by atoms with Gasteiger partial charge in [-0.05, 0) is 38.6 Å². The lowest BCUT2D eigenvalue weighted by Gasteiger charge is -2.25. The van der Waals surface area contributed by atoms with Crippen LogP contribution >= 0.6 is 0 Å². The Morgan fingerprint density at radius 3 is 3.00 bits per heavy atom. The normalized spacial score (nSPS) is 38.9. The van der Waals surface area contributed by atoms with Crippen LogP contribution in [0.2, 0.25) is 0 Å². The number of hydrogen-bond acceptors (Lipinski definition) is 3. The maximum atomic E-state index is 11.9. The Bertz CT molecular complexity index is 262. The van der Waals surface area contributed by atoms with Gasteiger partial charge in [-0.25, -0.2) is 0 Å². The third-order valence-electron chi connectivity index (χ3n) is 3.76. The maximum Gasteiger partial charge on any atom is 0.249 e. The van der Waals surface area contributed by atoms with E-state index in [1.807, 2.05) is 0 Å². The second-order valence-electron chi connectivity index (χ2n) is 5.37. The molecule has 1 amide bonds. The van der Waals surface area contributed by atoms with Gasteiger partial charge in [0.15, 0.2) is 0 Å². The molecular weight excluding hydrogens is 204 g/mol. The first-order valence-electron chi connectivity index (χ1n) is 6.25. The monoisotopic (exact) mass is 226 g/mol. The lowest BCUT2D eigenvalue weighted by molar-refractivity contribution is -0.131. The van der Waals surface area contributed by atoms with E-state index in [0.717, 1.165) is 26.0 Å². The number of amides is 1. The van der Waals surface area contributed by atoms with E-state index in [2.05, 4.69) is 24.5 Å². The summed E-state index contributed by atoms with van der Waals surface area (Å²) in [5, 5.41) is 6.45. The summed E-state index contributed by atoms with van der Waals surface area (Å²) < 4.78 is 5.44. The van der Waals surface area contributed by atoms with Gasteiger partial charge in [0, 0.05) is 18.7 Å². The van der Waals surface area contributed by atoms with E-state index in [4.69, 9.17) is 4.74 Å². The van der Waals surface area contributed by atoms with E-state index in [0.29, 0.717) is 12.5 Å². The Balaban J connectivity index is 1.79. The second kappa shape index (κ2) is 4.72. The van der Waals surface area contributed by atoms with Gasteiger partial charge in [-0.3, -0.25) is 4.79 Å². The molecule has 0 saturated carbocycles. The second-order valence-corrected chi connectivity index (χ2v) is 5.37. The van der Waals surface area contributed by atoms with Crippen molar-refractivity contribution in [3.8, 4) is 0 Å². The molecule has 2 N–H and O–H groups in total.